The van der Waals surface area contributed by atoms with E-state index < -0.39 is 0 Å². The molecular weight excluding hydrogens is 328 g/mol. The number of rotatable bonds is 4. The average molecular weight is 352 g/mol. The van der Waals surface area contributed by atoms with Gasteiger partial charge in [0.1, 0.15) is 0 Å². The van der Waals surface area contributed by atoms with Crippen molar-refractivity contribution >= 4 is 17.5 Å². The molecule has 0 aromatic heterocycles. The van der Waals surface area contributed by atoms with E-state index in [0.29, 0.717) is 37.4 Å². The third kappa shape index (κ3) is 4.70. The van der Waals surface area contributed by atoms with Gasteiger partial charge in [0.2, 0.25) is 5.91 Å². The number of anilines is 1. The van der Waals surface area contributed by atoms with Gasteiger partial charge in [0, 0.05) is 24.3 Å². The van der Waals surface area contributed by atoms with E-state index in [1.54, 1.807) is 29.2 Å². The molecule has 0 spiro atoms. The van der Waals surface area contributed by atoms with Crippen molar-refractivity contribution in [1.82, 2.24) is 4.90 Å². The second-order valence-corrected chi connectivity index (χ2v) is 6.72. The molecule has 1 fully saturated rings. The summed E-state index contributed by atoms with van der Waals surface area (Å²) in [6.07, 6.45) is 0.351. The van der Waals surface area contributed by atoms with E-state index in [0.717, 1.165) is 11.1 Å². The van der Waals surface area contributed by atoms with E-state index in [1.807, 2.05) is 38.1 Å². The quantitative estimate of drug-likeness (QED) is 0.920. The van der Waals surface area contributed by atoms with Crippen molar-refractivity contribution in [3.05, 3.63) is 65.2 Å². The fourth-order valence-electron chi connectivity index (χ4n) is 3.01. The smallest absolute Gasteiger partial charge is 0.254 e. The molecule has 0 aliphatic carbocycles. The van der Waals surface area contributed by atoms with Gasteiger partial charge in [-0.05, 0) is 37.6 Å². The van der Waals surface area contributed by atoms with Gasteiger partial charge < -0.3 is 15.0 Å². The van der Waals surface area contributed by atoms with Gasteiger partial charge in [0.05, 0.1) is 19.1 Å². The Morgan fingerprint density at radius 2 is 1.96 bits per heavy atom. The molecule has 1 aliphatic heterocycles. The number of carbonyl (C=O) groups is 2. The third-order valence-electron chi connectivity index (χ3n) is 4.41. The van der Waals surface area contributed by atoms with Crippen molar-refractivity contribution in [2.75, 3.05) is 25.0 Å². The van der Waals surface area contributed by atoms with Crippen molar-refractivity contribution in [3.8, 4) is 0 Å². The first-order valence-electron chi connectivity index (χ1n) is 8.87. The molecule has 26 heavy (non-hydrogen) atoms. The Bertz CT molecular complexity index is 786. The predicted octanol–water partition coefficient (Wildman–Crippen LogP) is 3.04. The number of ether oxygens (including phenoxy) is 1. The second-order valence-electron chi connectivity index (χ2n) is 6.72. The molecule has 0 bridgehead atoms. The maximum Gasteiger partial charge on any atom is 0.254 e. The minimum absolute atomic E-state index is 0.0326. The number of hydrogen-bond donors (Lipinski definition) is 1. The SMILES string of the molecule is Cc1ccc(CC(=O)Nc2cccc(C(=O)N3CCOC(C)C3)c2)cc1. The zero-order valence-electron chi connectivity index (χ0n) is 15.2. The highest BCUT2D eigenvalue weighted by Crippen LogP contribution is 2.15. The molecule has 2 aromatic rings. The lowest BCUT2D eigenvalue weighted by Crippen LogP contribution is -2.44. The summed E-state index contributed by atoms with van der Waals surface area (Å²) in [6.45, 7) is 5.71. The van der Waals surface area contributed by atoms with E-state index in [-0.39, 0.29) is 17.9 Å². The first-order chi connectivity index (χ1) is 12.5. The Morgan fingerprint density at radius 3 is 2.69 bits per heavy atom. The van der Waals surface area contributed by atoms with Crippen LogP contribution in [0.4, 0.5) is 5.69 Å². The highest BCUT2D eigenvalue weighted by atomic mass is 16.5. The summed E-state index contributed by atoms with van der Waals surface area (Å²) in [5.41, 5.74) is 3.34. The summed E-state index contributed by atoms with van der Waals surface area (Å²) in [5.74, 6) is -0.131. The number of nitrogens with zero attached hydrogens (tertiary/aromatic N) is 1. The minimum atomic E-state index is -0.0987. The summed E-state index contributed by atoms with van der Waals surface area (Å²) in [5, 5.41) is 2.88. The summed E-state index contributed by atoms with van der Waals surface area (Å²) in [4.78, 5) is 26.7. The van der Waals surface area contributed by atoms with Gasteiger partial charge in [0.25, 0.3) is 5.91 Å². The molecule has 2 amide bonds. The van der Waals surface area contributed by atoms with Gasteiger partial charge in [-0.3, -0.25) is 9.59 Å². The molecule has 2 aromatic carbocycles. The van der Waals surface area contributed by atoms with E-state index in [2.05, 4.69) is 5.32 Å². The van der Waals surface area contributed by atoms with Gasteiger partial charge in [-0.2, -0.15) is 0 Å². The number of nitrogens with one attached hydrogen (secondary N) is 1. The van der Waals surface area contributed by atoms with Crippen molar-refractivity contribution in [1.29, 1.82) is 0 Å². The largest absolute Gasteiger partial charge is 0.375 e. The van der Waals surface area contributed by atoms with Crippen LogP contribution in [-0.4, -0.2) is 42.5 Å². The Kier molecular flexibility index (Phi) is 5.68. The highest BCUT2D eigenvalue weighted by Gasteiger charge is 2.22. The van der Waals surface area contributed by atoms with Crippen LogP contribution in [0.3, 0.4) is 0 Å². The molecule has 5 nitrogen and oxygen atoms in total. The molecule has 5 heteroatoms. The first-order valence-corrected chi connectivity index (χ1v) is 8.87. The minimum Gasteiger partial charge on any atom is -0.375 e. The van der Waals surface area contributed by atoms with Crippen LogP contribution in [-0.2, 0) is 16.0 Å². The Balaban J connectivity index is 1.64. The summed E-state index contributed by atoms with van der Waals surface area (Å²) in [7, 11) is 0. The maximum absolute atomic E-state index is 12.7. The Morgan fingerprint density at radius 1 is 1.19 bits per heavy atom. The van der Waals surface area contributed by atoms with Crippen LogP contribution >= 0.6 is 0 Å². The zero-order chi connectivity index (χ0) is 18.5. The normalized spacial score (nSPS) is 17.0. The van der Waals surface area contributed by atoms with Gasteiger partial charge in [-0.15, -0.1) is 0 Å². The van der Waals surface area contributed by atoms with Crippen LogP contribution in [0.25, 0.3) is 0 Å². The lowest BCUT2D eigenvalue weighted by molar-refractivity contribution is -0.115. The molecule has 0 saturated carbocycles. The van der Waals surface area contributed by atoms with Gasteiger partial charge >= 0.3 is 0 Å². The van der Waals surface area contributed by atoms with E-state index in [4.69, 9.17) is 4.74 Å². The number of morpholine rings is 1. The molecule has 0 radical (unpaired) electrons. The van der Waals surface area contributed by atoms with E-state index in [9.17, 15) is 9.59 Å². The van der Waals surface area contributed by atoms with E-state index >= 15 is 0 Å². The first kappa shape index (κ1) is 18.1. The fraction of sp³-hybridized carbons (Fsp3) is 0.333. The molecule has 1 N–H and O–H groups in total. The zero-order valence-corrected chi connectivity index (χ0v) is 15.2. The highest BCUT2D eigenvalue weighted by molar-refractivity contribution is 5.97. The third-order valence-corrected chi connectivity index (χ3v) is 4.41. The summed E-state index contributed by atoms with van der Waals surface area (Å²) < 4.78 is 5.48. The van der Waals surface area contributed by atoms with Crippen molar-refractivity contribution in [3.63, 3.8) is 0 Å². The Labute approximate surface area is 154 Å². The number of carbonyl (C=O) groups excluding carboxylic acids is 2. The van der Waals surface area contributed by atoms with Gasteiger partial charge in [-0.1, -0.05) is 35.9 Å². The van der Waals surface area contributed by atoms with Gasteiger partial charge in [-0.25, -0.2) is 0 Å². The maximum atomic E-state index is 12.7. The van der Waals surface area contributed by atoms with Crippen molar-refractivity contribution < 1.29 is 14.3 Å². The number of hydrogen-bond acceptors (Lipinski definition) is 3. The van der Waals surface area contributed by atoms with Crippen molar-refractivity contribution in [2.24, 2.45) is 0 Å². The molecule has 1 unspecified atom stereocenters. The summed E-state index contributed by atoms with van der Waals surface area (Å²) in [6, 6.07) is 15.0. The molecule has 1 saturated heterocycles. The molecular formula is C21H24N2O3. The van der Waals surface area contributed by atoms with E-state index in [1.165, 1.54) is 0 Å². The van der Waals surface area contributed by atoms with Crippen LogP contribution in [0.5, 0.6) is 0 Å². The molecule has 1 atom stereocenters. The average Bonchev–Trinajstić information content (AvgIpc) is 2.63. The number of aryl methyl sites for hydroxylation is 1. The second kappa shape index (κ2) is 8.15. The predicted molar refractivity (Wildman–Crippen MR) is 101 cm³/mol. The molecule has 3 rings (SSSR count). The molecule has 136 valence electrons. The summed E-state index contributed by atoms with van der Waals surface area (Å²) >= 11 is 0. The van der Waals surface area contributed by atoms with Crippen LogP contribution in [0, 0.1) is 6.92 Å². The monoisotopic (exact) mass is 352 g/mol. The number of benzene rings is 2. The fourth-order valence-corrected chi connectivity index (χ4v) is 3.01. The topological polar surface area (TPSA) is 58.6 Å². The van der Waals surface area contributed by atoms with Crippen LogP contribution in [0.2, 0.25) is 0 Å². The molecule has 1 aliphatic rings. The van der Waals surface area contributed by atoms with Gasteiger partial charge in [0.15, 0.2) is 0 Å². The standard InChI is InChI=1S/C21H24N2O3/c1-15-6-8-17(9-7-15)12-20(24)22-19-5-3-4-18(13-19)21(25)23-10-11-26-16(2)14-23/h3-9,13,16H,10-12,14H2,1-2H3,(H,22,24). The van der Waals surface area contributed by atoms with Crippen molar-refractivity contribution in [2.45, 2.75) is 26.4 Å². The van der Waals surface area contributed by atoms with Crippen LogP contribution in [0.1, 0.15) is 28.4 Å². The van der Waals surface area contributed by atoms with Crippen LogP contribution in [0.15, 0.2) is 48.5 Å². The Hall–Kier alpha value is -2.66. The lowest BCUT2D eigenvalue weighted by Gasteiger charge is -2.31. The van der Waals surface area contributed by atoms with Crippen LogP contribution < -0.4 is 5.32 Å². The number of amides is 2. The lowest BCUT2D eigenvalue weighted by atomic mass is 10.1. The molecule has 1 heterocycles.